The van der Waals surface area contributed by atoms with E-state index in [-0.39, 0.29) is 6.03 Å². The van der Waals surface area contributed by atoms with Gasteiger partial charge in [-0.05, 0) is 34.7 Å². The molecule has 1 aromatic rings. The van der Waals surface area contributed by atoms with E-state index in [0.29, 0.717) is 36.3 Å². The lowest BCUT2D eigenvalue weighted by atomic mass is 9.89. The second-order valence-corrected chi connectivity index (χ2v) is 6.67. The molecule has 1 heterocycles. The molecule has 0 unspecified atom stereocenters. The Hall–Kier alpha value is -1.43. The Balaban J connectivity index is 1.56. The molecule has 1 aliphatic heterocycles. The molecule has 0 radical (unpaired) electrons. The smallest absolute Gasteiger partial charge is 0.319 e. The van der Waals surface area contributed by atoms with Gasteiger partial charge in [0.2, 0.25) is 0 Å². The fourth-order valence-corrected chi connectivity index (χ4v) is 3.38. The van der Waals surface area contributed by atoms with Crippen LogP contribution in [0.3, 0.4) is 0 Å². The number of halogens is 1. The lowest BCUT2D eigenvalue weighted by Crippen LogP contribution is -2.33. The molecular formula is C16H21BrN2O3. The molecule has 120 valence electrons. The molecule has 0 aromatic heterocycles. The van der Waals surface area contributed by atoms with Crippen LogP contribution in [-0.4, -0.2) is 25.8 Å². The Kier molecular flexibility index (Phi) is 5.08. The number of benzene rings is 1. The van der Waals surface area contributed by atoms with Crippen LogP contribution in [0.4, 0.5) is 10.5 Å². The van der Waals surface area contributed by atoms with Gasteiger partial charge in [0.1, 0.15) is 13.2 Å². The van der Waals surface area contributed by atoms with Crippen molar-refractivity contribution in [3.63, 3.8) is 0 Å². The van der Waals surface area contributed by atoms with E-state index in [1.807, 2.05) is 6.07 Å². The predicted molar refractivity (Wildman–Crippen MR) is 88.7 cm³/mol. The van der Waals surface area contributed by atoms with Crippen LogP contribution in [0.15, 0.2) is 16.6 Å². The summed E-state index contributed by atoms with van der Waals surface area (Å²) < 4.78 is 11.8. The van der Waals surface area contributed by atoms with Crippen molar-refractivity contribution in [1.82, 2.24) is 5.32 Å². The minimum Gasteiger partial charge on any atom is -0.486 e. The molecule has 2 aliphatic rings. The molecule has 6 heteroatoms. The zero-order valence-corrected chi connectivity index (χ0v) is 14.1. The average Bonchev–Trinajstić information content (AvgIpc) is 2.55. The van der Waals surface area contributed by atoms with Crippen molar-refractivity contribution in [2.24, 2.45) is 5.92 Å². The average molecular weight is 369 g/mol. The van der Waals surface area contributed by atoms with Crippen LogP contribution in [0.25, 0.3) is 0 Å². The van der Waals surface area contributed by atoms with Crippen molar-refractivity contribution in [2.45, 2.75) is 32.1 Å². The van der Waals surface area contributed by atoms with E-state index in [1.54, 1.807) is 6.07 Å². The van der Waals surface area contributed by atoms with Gasteiger partial charge in [0, 0.05) is 23.2 Å². The summed E-state index contributed by atoms with van der Waals surface area (Å²) in [4.78, 5) is 12.1. The van der Waals surface area contributed by atoms with Gasteiger partial charge in [-0.15, -0.1) is 0 Å². The van der Waals surface area contributed by atoms with Crippen molar-refractivity contribution in [2.75, 3.05) is 25.1 Å². The predicted octanol–water partition coefficient (Wildman–Crippen LogP) is 3.92. The summed E-state index contributed by atoms with van der Waals surface area (Å²) in [7, 11) is 0. The minimum atomic E-state index is -0.178. The van der Waals surface area contributed by atoms with Crippen molar-refractivity contribution >= 4 is 27.6 Å². The maximum absolute atomic E-state index is 12.1. The van der Waals surface area contributed by atoms with Gasteiger partial charge < -0.3 is 20.1 Å². The summed E-state index contributed by atoms with van der Waals surface area (Å²) in [6.45, 7) is 1.82. The van der Waals surface area contributed by atoms with Gasteiger partial charge in [-0.2, -0.15) is 0 Å². The van der Waals surface area contributed by atoms with Crippen LogP contribution in [0.2, 0.25) is 0 Å². The van der Waals surface area contributed by atoms with Gasteiger partial charge >= 0.3 is 6.03 Å². The number of urea groups is 1. The molecule has 0 saturated heterocycles. The highest BCUT2D eigenvalue weighted by atomic mass is 79.9. The van der Waals surface area contributed by atoms with Crippen LogP contribution in [0.5, 0.6) is 11.5 Å². The normalized spacial score (nSPS) is 17.9. The first-order valence-corrected chi connectivity index (χ1v) is 8.65. The quantitative estimate of drug-likeness (QED) is 0.849. The summed E-state index contributed by atoms with van der Waals surface area (Å²) in [5.74, 6) is 1.98. The molecule has 22 heavy (non-hydrogen) atoms. The third-order valence-electron chi connectivity index (χ3n) is 4.16. The number of fused-ring (bicyclic) bond motifs is 1. The van der Waals surface area contributed by atoms with Crippen molar-refractivity contribution in [1.29, 1.82) is 0 Å². The van der Waals surface area contributed by atoms with E-state index >= 15 is 0 Å². The first-order valence-electron chi connectivity index (χ1n) is 7.86. The van der Waals surface area contributed by atoms with Crippen LogP contribution >= 0.6 is 15.9 Å². The van der Waals surface area contributed by atoms with Gasteiger partial charge in [0.25, 0.3) is 0 Å². The monoisotopic (exact) mass is 368 g/mol. The van der Waals surface area contributed by atoms with Gasteiger partial charge in [-0.25, -0.2) is 4.79 Å². The number of anilines is 1. The van der Waals surface area contributed by atoms with E-state index in [0.717, 1.165) is 11.0 Å². The standard InChI is InChI=1S/C16H21BrN2O3/c17-12-8-14-15(22-7-6-21-14)9-13(12)19-16(20)18-10-11-4-2-1-3-5-11/h8-9,11H,1-7,10H2,(H2,18,19,20). The third kappa shape index (κ3) is 3.85. The molecule has 0 bridgehead atoms. The number of ether oxygens (including phenoxy) is 2. The number of nitrogens with one attached hydrogen (secondary N) is 2. The molecule has 0 spiro atoms. The Morgan fingerprint density at radius 1 is 1.14 bits per heavy atom. The van der Waals surface area contributed by atoms with Crippen molar-refractivity contribution < 1.29 is 14.3 Å². The first-order chi connectivity index (χ1) is 10.7. The zero-order valence-electron chi connectivity index (χ0n) is 12.5. The van der Waals surface area contributed by atoms with Gasteiger partial charge in [0.15, 0.2) is 11.5 Å². The summed E-state index contributed by atoms with van der Waals surface area (Å²) >= 11 is 3.45. The van der Waals surface area contributed by atoms with E-state index < -0.39 is 0 Å². The highest BCUT2D eigenvalue weighted by Gasteiger charge is 2.17. The zero-order chi connectivity index (χ0) is 15.4. The number of amides is 2. The van der Waals surface area contributed by atoms with E-state index in [1.165, 1.54) is 32.1 Å². The number of rotatable bonds is 3. The highest BCUT2D eigenvalue weighted by molar-refractivity contribution is 9.10. The van der Waals surface area contributed by atoms with Crippen LogP contribution in [0, 0.1) is 5.92 Å². The molecule has 1 saturated carbocycles. The molecule has 0 atom stereocenters. The van der Waals surface area contributed by atoms with E-state index in [9.17, 15) is 4.79 Å². The molecule has 2 N–H and O–H groups in total. The summed E-state index contributed by atoms with van der Waals surface area (Å²) in [5, 5.41) is 5.83. The van der Waals surface area contributed by atoms with Gasteiger partial charge in [0.05, 0.1) is 5.69 Å². The summed E-state index contributed by atoms with van der Waals surface area (Å²) in [5.41, 5.74) is 0.686. The molecule has 1 aromatic carbocycles. The van der Waals surface area contributed by atoms with Gasteiger partial charge in [-0.3, -0.25) is 0 Å². The molecule has 3 rings (SSSR count). The van der Waals surface area contributed by atoms with E-state index in [2.05, 4.69) is 26.6 Å². The van der Waals surface area contributed by atoms with Gasteiger partial charge in [-0.1, -0.05) is 19.3 Å². The van der Waals surface area contributed by atoms with Crippen LogP contribution in [0.1, 0.15) is 32.1 Å². The molecule has 1 aliphatic carbocycles. The number of hydrogen-bond acceptors (Lipinski definition) is 3. The Bertz CT molecular complexity index is 544. The maximum atomic E-state index is 12.1. The Morgan fingerprint density at radius 3 is 2.55 bits per heavy atom. The topological polar surface area (TPSA) is 59.6 Å². The highest BCUT2D eigenvalue weighted by Crippen LogP contribution is 2.38. The fraction of sp³-hybridized carbons (Fsp3) is 0.562. The largest absolute Gasteiger partial charge is 0.486 e. The second kappa shape index (κ2) is 7.22. The molecule has 2 amide bonds. The maximum Gasteiger partial charge on any atom is 0.319 e. The number of carbonyl (C=O) groups excluding carboxylic acids is 1. The Labute approximate surface area is 138 Å². The van der Waals surface area contributed by atoms with Crippen molar-refractivity contribution in [3.05, 3.63) is 16.6 Å². The summed E-state index contributed by atoms with van der Waals surface area (Å²) in [6.07, 6.45) is 6.32. The lowest BCUT2D eigenvalue weighted by molar-refractivity contribution is 0.171. The number of hydrogen-bond donors (Lipinski definition) is 2. The summed E-state index contributed by atoms with van der Waals surface area (Å²) in [6, 6.07) is 3.44. The first kappa shape index (κ1) is 15.5. The Morgan fingerprint density at radius 2 is 1.82 bits per heavy atom. The molecule has 1 fully saturated rings. The molecule has 5 nitrogen and oxygen atoms in total. The third-order valence-corrected chi connectivity index (χ3v) is 4.81. The SMILES string of the molecule is O=C(NCC1CCCCC1)Nc1cc2c(cc1Br)OCCO2. The van der Waals surface area contributed by atoms with Crippen LogP contribution < -0.4 is 20.1 Å². The second-order valence-electron chi connectivity index (χ2n) is 5.81. The van der Waals surface area contributed by atoms with Crippen molar-refractivity contribution in [3.8, 4) is 11.5 Å². The minimum absolute atomic E-state index is 0.178. The fourth-order valence-electron chi connectivity index (χ4n) is 2.95. The van der Waals surface area contributed by atoms with E-state index in [4.69, 9.17) is 9.47 Å². The molecular weight excluding hydrogens is 348 g/mol. The van der Waals surface area contributed by atoms with Crippen LogP contribution in [-0.2, 0) is 0 Å². The number of carbonyl (C=O) groups is 1. The lowest BCUT2D eigenvalue weighted by Gasteiger charge is -2.22.